The maximum atomic E-state index is 12.3. The molecule has 0 heterocycles. The number of hydrogen-bond acceptors (Lipinski definition) is 2. The summed E-state index contributed by atoms with van der Waals surface area (Å²) >= 11 is 0. The second kappa shape index (κ2) is 7.23. The molecule has 3 N–H and O–H groups in total. The van der Waals surface area contributed by atoms with Gasteiger partial charge in [0.25, 0.3) is 0 Å². The van der Waals surface area contributed by atoms with Crippen molar-refractivity contribution >= 4 is 5.91 Å². The Hall–Kier alpha value is -2.13. The van der Waals surface area contributed by atoms with Crippen molar-refractivity contribution in [2.45, 2.75) is 31.7 Å². The van der Waals surface area contributed by atoms with Crippen molar-refractivity contribution in [2.24, 2.45) is 5.73 Å². The summed E-state index contributed by atoms with van der Waals surface area (Å²) in [7, 11) is 0. The zero-order valence-corrected chi connectivity index (χ0v) is 13.3. The maximum Gasteiger partial charge on any atom is 0.221 e. The van der Waals surface area contributed by atoms with Crippen molar-refractivity contribution in [2.75, 3.05) is 6.54 Å². The van der Waals surface area contributed by atoms with E-state index >= 15 is 0 Å². The van der Waals surface area contributed by atoms with Gasteiger partial charge in [-0.25, -0.2) is 0 Å². The summed E-state index contributed by atoms with van der Waals surface area (Å²) in [5.74, 6) is 0.0829. The Morgan fingerprint density at radius 2 is 1.45 bits per heavy atom. The van der Waals surface area contributed by atoms with Gasteiger partial charge in [-0.05, 0) is 25.0 Å². The van der Waals surface area contributed by atoms with Gasteiger partial charge < -0.3 is 11.1 Å². The minimum Gasteiger partial charge on any atom is -0.354 e. The van der Waals surface area contributed by atoms with Crippen LogP contribution in [0.4, 0.5) is 0 Å². The van der Waals surface area contributed by atoms with Crippen LogP contribution >= 0.6 is 0 Å². The Morgan fingerprint density at radius 1 is 1.00 bits per heavy atom. The third kappa shape index (κ3) is 5.01. The van der Waals surface area contributed by atoms with Gasteiger partial charge in [-0.15, -0.1) is 0 Å². The molecule has 0 radical (unpaired) electrons. The van der Waals surface area contributed by atoms with Crippen molar-refractivity contribution in [1.82, 2.24) is 5.32 Å². The average Bonchev–Trinajstić information content (AvgIpc) is 2.52. The number of benzene rings is 2. The molecular weight excluding hydrogens is 272 g/mol. The Labute approximate surface area is 132 Å². The fourth-order valence-corrected chi connectivity index (χ4v) is 2.38. The van der Waals surface area contributed by atoms with Gasteiger partial charge in [0.15, 0.2) is 0 Å². The van der Waals surface area contributed by atoms with Crippen LogP contribution in [0.3, 0.4) is 0 Å². The quantitative estimate of drug-likeness (QED) is 0.861. The van der Waals surface area contributed by atoms with Crippen LogP contribution in [0.2, 0.25) is 0 Å². The highest BCUT2D eigenvalue weighted by atomic mass is 16.1. The van der Waals surface area contributed by atoms with Gasteiger partial charge >= 0.3 is 0 Å². The summed E-state index contributed by atoms with van der Waals surface area (Å²) in [6, 6.07) is 20.3. The van der Waals surface area contributed by atoms with E-state index in [0.29, 0.717) is 13.0 Å². The molecule has 0 aromatic heterocycles. The Balaban J connectivity index is 2.14. The van der Waals surface area contributed by atoms with E-state index in [1.54, 1.807) is 0 Å². The minimum absolute atomic E-state index is 0.0243. The van der Waals surface area contributed by atoms with Crippen LogP contribution in [-0.2, 0) is 4.79 Å². The molecule has 0 aliphatic rings. The lowest BCUT2D eigenvalue weighted by atomic mass is 9.88. The highest BCUT2D eigenvalue weighted by Crippen LogP contribution is 2.27. The van der Waals surface area contributed by atoms with Gasteiger partial charge in [-0.3, -0.25) is 4.79 Å². The van der Waals surface area contributed by atoms with Crippen LogP contribution in [-0.4, -0.2) is 18.0 Å². The van der Waals surface area contributed by atoms with Crippen LogP contribution in [0, 0.1) is 0 Å². The smallest absolute Gasteiger partial charge is 0.221 e. The number of hydrogen-bond donors (Lipinski definition) is 2. The average molecular weight is 296 g/mol. The van der Waals surface area contributed by atoms with Gasteiger partial charge in [-0.2, -0.15) is 0 Å². The summed E-state index contributed by atoms with van der Waals surface area (Å²) in [4.78, 5) is 12.3. The zero-order valence-electron chi connectivity index (χ0n) is 13.3. The largest absolute Gasteiger partial charge is 0.354 e. The first kappa shape index (κ1) is 16.2. The van der Waals surface area contributed by atoms with Gasteiger partial charge in [0.2, 0.25) is 5.91 Å². The molecule has 1 amide bonds. The van der Waals surface area contributed by atoms with Gasteiger partial charge in [0.05, 0.1) is 0 Å². The molecule has 0 aliphatic carbocycles. The summed E-state index contributed by atoms with van der Waals surface area (Å²) in [6.07, 6.45) is 0.421. The molecule has 0 saturated heterocycles. The van der Waals surface area contributed by atoms with E-state index in [-0.39, 0.29) is 11.8 Å². The number of rotatable bonds is 6. The van der Waals surface area contributed by atoms with E-state index in [4.69, 9.17) is 5.73 Å². The minimum atomic E-state index is -0.398. The molecule has 0 fully saturated rings. The Kier molecular flexibility index (Phi) is 5.34. The molecule has 0 bridgehead atoms. The molecule has 0 unspecified atom stereocenters. The standard InChI is InChI=1S/C19H24N2O/c1-19(2,20)14-21-18(22)13-17(15-9-5-3-6-10-15)16-11-7-4-8-12-16/h3-12,17H,13-14,20H2,1-2H3,(H,21,22). The van der Waals surface area contributed by atoms with Gasteiger partial charge in [-0.1, -0.05) is 60.7 Å². The van der Waals surface area contributed by atoms with Crippen molar-refractivity contribution < 1.29 is 4.79 Å². The lowest BCUT2D eigenvalue weighted by Gasteiger charge is -2.21. The van der Waals surface area contributed by atoms with E-state index in [0.717, 1.165) is 11.1 Å². The van der Waals surface area contributed by atoms with E-state index in [2.05, 4.69) is 29.6 Å². The van der Waals surface area contributed by atoms with Crippen LogP contribution in [0.15, 0.2) is 60.7 Å². The van der Waals surface area contributed by atoms with Crippen LogP contribution in [0.1, 0.15) is 37.3 Å². The third-order valence-electron chi connectivity index (χ3n) is 3.53. The van der Waals surface area contributed by atoms with Gasteiger partial charge in [0.1, 0.15) is 0 Å². The lowest BCUT2D eigenvalue weighted by Crippen LogP contribution is -2.45. The molecule has 0 atom stereocenters. The summed E-state index contributed by atoms with van der Waals surface area (Å²) < 4.78 is 0. The highest BCUT2D eigenvalue weighted by Gasteiger charge is 2.19. The fraction of sp³-hybridized carbons (Fsp3) is 0.316. The SMILES string of the molecule is CC(C)(N)CNC(=O)CC(c1ccccc1)c1ccccc1. The predicted molar refractivity (Wildman–Crippen MR) is 90.6 cm³/mol. The Bertz CT molecular complexity index is 548. The number of nitrogens with one attached hydrogen (secondary N) is 1. The van der Waals surface area contributed by atoms with Gasteiger partial charge in [0, 0.05) is 24.4 Å². The first-order valence-electron chi connectivity index (χ1n) is 7.61. The molecule has 2 rings (SSSR count). The molecule has 2 aromatic carbocycles. The zero-order chi connectivity index (χ0) is 16.0. The number of carbonyl (C=O) groups is 1. The second-order valence-electron chi connectivity index (χ2n) is 6.34. The number of carbonyl (C=O) groups excluding carboxylic acids is 1. The van der Waals surface area contributed by atoms with E-state index < -0.39 is 5.54 Å². The molecule has 2 aromatic rings. The second-order valence-corrected chi connectivity index (χ2v) is 6.34. The van der Waals surface area contributed by atoms with Crippen LogP contribution < -0.4 is 11.1 Å². The molecule has 0 aliphatic heterocycles. The maximum absolute atomic E-state index is 12.3. The predicted octanol–water partition coefficient (Wildman–Crippen LogP) is 3.06. The fourth-order valence-electron chi connectivity index (χ4n) is 2.38. The monoisotopic (exact) mass is 296 g/mol. The number of amides is 1. The summed E-state index contributed by atoms with van der Waals surface area (Å²) in [5, 5.41) is 2.93. The van der Waals surface area contributed by atoms with E-state index in [1.165, 1.54) is 0 Å². The highest BCUT2D eigenvalue weighted by molar-refractivity contribution is 5.77. The molecule has 3 nitrogen and oxygen atoms in total. The summed E-state index contributed by atoms with van der Waals surface area (Å²) in [5.41, 5.74) is 7.82. The Morgan fingerprint density at radius 3 is 1.86 bits per heavy atom. The summed E-state index contributed by atoms with van der Waals surface area (Å²) in [6.45, 7) is 4.28. The van der Waals surface area contributed by atoms with E-state index in [9.17, 15) is 4.79 Å². The first-order valence-corrected chi connectivity index (χ1v) is 7.61. The van der Waals surface area contributed by atoms with Crippen molar-refractivity contribution in [3.8, 4) is 0 Å². The van der Waals surface area contributed by atoms with Crippen molar-refractivity contribution in [3.05, 3.63) is 71.8 Å². The molecular formula is C19H24N2O. The number of nitrogens with two attached hydrogens (primary N) is 1. The van der Waals surface area contributed by atoms with E-state index in [1.807, 2.05) is 50.2 Å². The molecule has 0 spiro atoms. The van der Waals surface area contributed by atoms with Crippen LogP contribution in [0.25, 0.3) is 0 Å². The normalized spacial score (nSPS) is 11.5. The van der Waals surface area contributed by atoms with Crippen LogP contribution in [0.5, 0.6) is 0 Å². The molecule has 116 valence electrons. The first-order chi connectivity index (χ1) is 10.5. The van der Waals surface area contributed by atoms with Crippen molar-refractivity contribution in [1.29, 1.82) is 0 Å². The van der Waals surface area contributed by atoms with Crippen molar-refractivity contribution in [3.63, 3.8) is 0 Å². The topological polar surface area (TPSA) is 55.1 Å². The third-order valence-corrected chi connectivity index (χ3v) is 3.53. The molecule has 22 heavy (non-hydrogen) atoms. The molecule has 3 heteroatoms. The lowest BCUT2D eigenvalue weighted by molar-refractivity contribution is -0.121. The molecule has 0 saturated carbocycles.